The van der Waals surface area contributed by atoms with Crippen molar-refractivity contribution in [2.45, 2.75) is 39.9 Å². The highest BCUT2D eigenvalue weighted by atomic mass is 16.5. The van der Waals surface area contributed by atoms with Gasteiger partial charge in [0, 0.05) is 25.3 Å². The van der Waals surface area contributed by atoms with Crippen molar-refractivity contribution in [1.29, 1.82) is 0 Å². The summed E-state index contributed by atoms with van der Waals surface area (Å²) >= 11 is 0. The minimum atomic E-state index is -0.196. The molecule has 0 aliphatic rings. The largest absolute Gasteiger partial charge is 0.397 e. The number of imidazole rings is 1. The number of carbonyl (C=O) groups is 1. The van der Waals surface area contributed by atoms with Gasteiger partial charge < -0.3 is 20.9 Å². The summed E-state index contributed by atoms with van der Waals surface area (Å²) in [4.78, 5) is 20.4. The maximum absolute atomic E-state index is 11.8. The van der Waals surface area contributed by atoms with Crippen LogP contribution in [0.15, 0.2) is 30.6 Å². The minimum Gasteiger partial charge on any atom is -0.397 e. The molecule has 0 amide bonds. The van der Waals surface area contributed by atoms with Crippen LogP contribution in [-0.4, -0.2) is 32.2 Å². The number of nitrogen functional groups attached to an aromatic ring is 1. The lowest BCUT2D eigenvalue weighted by Crippen LogP contribution is -2.07. The molecule has 148 valence electrons. The van der Waals surface area contributed by atoms with Gasteiger partial charge in [0.2, 0.25) is 5.91 Å². The summed E-state index contributed by atoms with van der Waals surface area (Å²) in [6, 6.07) is 7.41. The molecule has 8 nitrogen and oxygen atoms in total. The van der Waals surface area contributed by atoms with Crippen molar-refractivity contribution in [3.63, 3.8) is 0 Å². The predicted octanol–water partition coefficient (Wildman–Crippen LogP) is 3.40. The third kappa shape index (κ3) is 3.97. The molecule has 28 heavy (non-hydrogen) atoms. The van der Waals surface area contributed by atoms with E-state index in [0.717, 1.165) is 23.2 Å². The molecule has 3 rings (SSSR count). The summed E-state index contributed by atoms with van der Waals surface area (Å²) in [6.07, 6.45) is 2.17. The molecule has 1 unspecified atom stereocenters. The SMILES string of the molecule is CCOC(CC)c1cc(CO)cc(Nc2cc(N)c3ncn(C(C)=O)c3n2)c1. The Morgan fingerprint density at radius 3 is 2.75 bits per heavy atom. The zero-order valence-electron chi connectivity index (χ0n) is 16.3. The van der Waals surface area contributed by atoms with Gasteiger partial charge in [-0.25, -0.2) is 9.97 Å². The normalized spacial score (nSPS) is 12.3. The highest BCUT2D eigenvalue weighted by Crippen LogP contribution is 2.29. The average molecular weight is 383 g/mol. The van der Waals surface area contributed by atoms with Gasteiger partial charge in [0.05, 0.1) is 18.4 Å². The number of rotatable bonds is 7. The zero-order chi connectivity index (χ0) is 20.3. The molecule has 8 heteroatoms. The quantitative estimate of drug-likeness (QED) is 0.573. The second kappa shape index (κ2) is 8.37. The number of pyridine rings is 1. The van der Waals surface area contributed by atoms with E-state index in [9.17, 15) is 9.90 Å². The van der Waals surface area contributed by atoms with Crippen LogP contribution in [0.3, 0.4) is 0 Å². The summed E-state index contributed by atoms with van der Waals surface area (Å²) in [5.74, 6) is 0.289. The fourth-order valence-corrected chi connectivity index (χ4v) is 3.18. The number of aromatic nitrogens is 3. The Kier molecular flexibility index (Phi) is 5.91. The van der Waals surface area contributed by atoms with Crippen LogP contribution >= 0.6 is 0 Å². The number of hydrogen-bond acceptors (Lipinski definition) is 7. The summed E-state index contributed by atoms with van der Waals surface area (Å²) in [7, 11) is 0. The Morgan fingerprint density at radius 2 is 2.11 bits per heavy atom. The van der Waals surface area contributed by atoms with Crippen LogP contribution in [-0.2, 0) is 11.3 Å². The lowest BCUT2D eigenvalue weighted by Gasteiger charge is -2.18. The molecule has 0 saturated carbocycles. The van der Waals surface area contributed by atoms with Crippen LogP contribution in [0.25, 0.3) is 11.2 Å². The van der Waals surface area contributed by atoms with Crippen LogP contribution in [0.1, 0.15) is 49.2 Å². The molecule has 0 radical (unpaired) electrons. The van der Waals surface area contributed by atoms with Gasteiger partial charge in [0.25, 0.3) is 0 Å². The van der Waals surface area contributed by atoms with Gasteiger partial charge in [-0.15, -0.1) is 0 Å². The van der Waals surface area contributed by atoms with Gasteiger partial charge in [-0.1, -0.05) is 13.0 Å². The fourth-order valence-electron chi connectivity index (χ4n) is 3.18. The van der Waals surface area contributed by atoms with Crippen molar-refractivity contribution in [2.24, 2.45) is 0 Å². The Balaban J connectivity index is 2.01. The fraction of sp³-hybridized carbons (Fsp3) is 0.350. The van der Waals surface area contributed by atoms with E-state index in [0.29, 0.717) is 29.3 Å². The van der Waals surface area contributed by atoms with E-state index in [1.54, 1.807) is 6.07 Å². The van der Waals surface area contributed by atoms with Crippen molar-refractivity contribution in [2.75, 3.05) is 17.7 Å². The first-order valence-corrected chi connectivity index (χ1v) is 9.24. The van der Waals surface area contributed by atoms with Gasteiger partial charge in [0.15, 0.2) is 5.65 Å². The van der Waals surface area contributed by atoms with Gasteiger partial charge in [-0.05, 0) is 36.6 Å². The minimum absolute atomic E-state index is 0.0586. The average Bonchev–Trinajstić information content (AvgIpc) is 3.10. The third-order valence-corrected chi connectivity index (χ3v) is 4.45. The van der Waals surface area contributed by atoms with E-state index in [1.165, 1.54) is 17.8 Å². The molecule has 1 atom stereocenters. The highest BCUT2D eigenvalue weighted by molar-refractivity contribution is 5.93. The van der Waals surface area contributed by atoms with Gasteiger partial charge >= 0.3 is 0 Å². The zero-order valence-corrected chi connectivity index (χ0v) is 16.3. The van der Waals surface area contributed by atoms with Gasteiger partial charge in [0.1, 0.15) is 17.7 Å². The first kappa shape index (κ1) is 19.8. The van der Waals surface area contributed by atoms with Gasteiger partial charge in [-0.3, -0.25) is 9.36 Å². The standard InChI is InChI=1S/C20H25N5O3/c1-4-17(28-5-2)14-6-13(10-26)7-15(8-14)23-18-9-16(21)19-20(24-18)25(11-22-19)12(3)27/h6-9,11,17,26H,4-5,10H2,1-3H3,(H3,21,23,24). The molecule has 2 heterocycles. The summed E-state index contributed by atoms with van der Waals surface area (Å²) < 4.78 is 7.15. The van der Waals surface area contributed by atoms with Gasteiger partial charge in [-0.2, -0.15) is 0 Å². The maximum Gasteiger partial charge on any atom is 0.230 e. The molecule has 0 aliphatic heterocycles. The smallest absolute Gasteiger partial charge is 0.230 e. The number of carbonyl (C=O) groups excluding carboxylic acids is 1. The molecular weight excluding hydrogens is 358 g/mol. The second-order valence-electron chi connectivity index (χ2n) is 6.50. The number of hydrogen-bond donors (Lipinski definition) is 3. The highest BCUT2D eigenvalue weighted by Gasteiger charge is 2.14. The predicted molar refractivity (Wildman–Crippen MR) is 109 cm³/mol. The molecule has 0 fully saturated rings. The topological polar surface area (TPSA) is 115 Å². The lowest BCUT2D eigenvalue weighted by atomic mass is 10.0. The van der Waals surface area contributed by atoms with E-state index >= 15 is 0 Å². The van der Waals surface area contributed by atoms with Crippen molar-refractivity contribution < 1.29 is 14.6 Å². The number of anilines is 3. The van der Waals surface area contributed by atoms with Crippen molar-refractivity contribution in [3.05, 3.63) is 41.7 Å². The van der Waals surface area contributed by atoms with Crippen LogP contribution in [0.5, 0.6) is 0 Å². The monoisotopic (exact) mass is 383 g/mol. The van der Waals surface area contributed by atoms with Crippen LogP contribution in [0.4, 0.5) is 17.2 Å². The number of aliphatic hydroxyl groups excluding tert-OH is 1. The van der Waals surface area contributed by atoms with Crippen LogP contribution in [0.2, 0.25) is 0 Å². The molecule has 2 aromatic heterocycles. The Bertz CT molecular complexity index is 999. The number of ether oxygens (including phenoxy) is 1. The lowest BCUT2D eigenvalue weighted by molar-refractivity contribution is 0.0597. The summed E-state index contributed by atoms with van der Waals surface area (Å²) in [5.41, 5.74) is 9.88. The van der Waals surface area contributed by atoms with E-state index in [4.69, 9.17) is 10.5 Å². The van der Waals surface area contributed by atoms with Crippen LogP contribution in [0, 0.1) is 0 Å². The van der Waals surface area contributed by atoms with Crippen LogP contribution < -0.4 is 11.1 Å². The number of fused-ring (bicyclic) bond motifs is 1. The number of aliphatic hydroxyl groups is 1. The molecule has 0 bridgehead atoms. The Morgan fingerprint density at radius 1 is 1.32 bits per heavy atom. The number of nitrogens with zero attached hydrogens (tertiary/aromatic N) is 3. The first-order chi connectivity index (χ1) is 13.5. The Labute approximate surface area is 163 Å². The van der Waals surface area contributed by atoms with E-state index in [-0.39, 0.29) is 18.6 Å². The molecule has 0 saturated heterocycles. The van der Waals surface area contributed by atoms with E-state index in [2.05, 4.69) is 22.2 Å². The molecule has 0 spiro atoms. The van der Waals surface area contributed by atoms with Crippen molar-refractivity contribution >= 4 is 34.3 Å². The Hall–Kier alpha value is -2.97. The molecule has 3 aromatic rings. The second-order valence-corrected chi connectivity index (χ2v) is 6.50. The number of nitrogens with two attached hydrogens (primary N) is 1. The van der Waals surface area contributed by atoms with Crippen molar-refractivity contribution in [1.82, 2.24) is 14.5 Å². The molecular formula is C20H25N5O3. The van der Waals surface area contributed by atoms with E-state index < -0.39 is 0 Å². The summed E-state index contributed by atoms with van der Waals surface area (Å²) in [5, 5.41) is 12.9. The van der Waals surface area contributed by atoms with E-state index in [1.807, 2.05) is 25.1 Å². The molecule has 0 aliphatic carbocycles. The maximum atomic E-state index is 11.8. The third-order valence-electron chi connectivity index (χ3n) is 4.45. The molecule has 4 N–H and O–H groups in total. The first-order valence-electron chi connectivity index (χ1n) is 9.24. The van der Waals surface area contributed by atoms with Crippen molar-refractivity contribution in [3.8, 4) is 0 Å². The number of benzene rings is 1. The number of nitrogens with one attached hydrogen (secondary N) is 1. The summed E-state index contributed by atoms with van der Waals surface area (Å²) in [6.45, 7) is 5.97. The molecule has 1 aromatic carbocycles.